The highest BCUT2D eigenvalue weighted by molar-refractivity contribution is 8.00. The number of carbonyl (C=O) groups excluding carboxylic acids is 2. The zero-order valence-electron chi connectivity index (χ0n) is 20.8. The van der Waals surface area contributed by atoms with Gasteiger partial charge in [-0.05, 0) is 37.8 Å². The molecule has 0 fully saturated rings. The van der Waals surface area contributed by atoms with Gasteiger partial charge in [0.1, 0.15) is 16.2 Å². The van der Waals surface area contributed by atoms with Crippen LogP contribution in [0.5, 0.6) is 0 Å². The number of anilines is 1. The standard InChI is InChI=1S/C24H30N6O4S/c1-13(2)11-30-21-19(23(33)29(6)24(30)34)22(27-16(5)26-21)35-12-18(32)25-10-17(31)28-20-14(3)8-7-9-15(20)4/h7-9,13H,10-12H2,1-6H3,(H,25,32)(H,28,31). The third kappa shape index (κ3) is 5.97. The predicted octanol–water partition coefficient (Wildman–Crippen LogP) is 1.92. The predicted molar refractivity (Wildman–Crippen MR) is 137 cm³/mol. The number of hydrogen-bond donors (Lipinski definition) is 2. The Hall–Kier alpha value is -3.47. The van der Waals surface area contributed by atoms with Gasteiger partial charge in [0.15, 0.2) is 5.65 Å². The van der Waals surface area contributed by atoms with E-state index in [0.717, 1.165) is 33.1 Å². The lowest BCUT2D eigenvalue weighted by Crippen LogP contribution is -2.39. The van der Waals surface area contributed by atoms with Crippen molar-refractivity contribution in [1.29, 1.82) is 0 Å². The number of nitrogens with one attached hydrogen (secondary N) is 2. The summed E-state index contributed by atoms with van der Waals surface area (Å²) in [5.74, 6) is -0.243. The van der Waals surface area contributed by atoms with E-state index >= 15 is 0 Å². The van der Waals surface area contributed by atoms with Gasteiger partial charge in [-0.3, -0.25) is 23.5 Å². The Balaban J connectivity index is 1.76. The van der Waals surface area contributed by atoms with E-state index in [9.17, 15) is 19.2 Å². The molecule has 2 amide bonds. The van der Waals surface area contributed by atoms with Crippen molar-refractivity contribution in [2.24, 2.45) is 13.0 Å². The summed E-state index contributed by atoms with van der Waals surface area (Å²) < 4.78 is 2.50. The van der Waals surface area contributed by atoms with E-state index in [1.165, 1.54) is 11.6 Å². The van der Waals surface area contributed by atoms with Crippen LogP contribution in [0.4, 0.5) is 5.69 Å². The quantitative estimate of drug-likeness (QED) is 0.359. The lowest BCUT2D eigenvalue weighted by Gasteiger charge is -2.15. The molecule has 10 nitrogen and oxygen atoms in total. The fourth-order valence-corrected chi connectivity index (χ4v) is 4.52. The van der Waals surface area contributed by atoms with E-state index in [0.29, 0.717) is 17.4 Å². The normalized spacial score (nSPS) is 11.2. The summed E-state index contributed by atoms with van der Waals surface area (Å²) >= 11 is 1.07. The molecule has 3 rings (SSSR count). The molecule has 2 aromatic heterocycles. The summed E-state index contributed by atoms with van der Waals surface area (Å²) in [6.07, 6.45) is 0. The number of nitrogens with zero attached hydrogens (tertiary/aromatic N) is 4. The summed E-state index contributed by atoms with van der Waals surface area (Å²) in [4.78, 5) is 59.1. The number of thioether (sulfide) groups is 1. The molecule has 0 saturated heterocycles. The lowest BCUT2D eigenvalue weighted by molar-refractivity contribution is -0.122. The topological polar surface area (TPSA) is 128 Å². The van der Waals surface area contributed by atoms with Crippen molar-refractivity contribution in [3.8, 4) is 0 Å². The van der Waals surface area contributed by atoms with Crippen LogP contribution in [-0.4, -0.2) is 43.2 Å². The van der Waals surface area contributed by atoms with E-state index in [1.807, 2.05) is 45.9 Å². The number of para-hydroxylation sites is 1. The van der Waals surface area contributed by atoms with Crippen LogP contribution in [0.3, 0.4) is 0 Å². The molecule has 0 unspecified atom stereocenters. The lowest BCUT2D eigenvalue weighted by atomic mass is 10.1. The van der Waals surface area contributed by atoms with Crippen LogP contribution in [0.2, 0.25) is 0 Å². The molecule has 0 spiro atoms. The molecule has 35 heavy (non-hydrogen) atoms. The summed E-state index contributed by atoms with van der Waals surface area (Å²) in [6.45, 7) is 9.60. The SMILES string of the molecule is Cc1nc(SCC(=O)NCC(=O)Nc2c(C)cccc2C)c2c(=O)n(C)c(=O)n(CC(C)C)c2n1. The summed E-state index contributed by atoms with van der Waals surface area (Å²) in [7, 11) is 1.41. The van der Waals surface area contributed by atoms with Crippen LogP contribution >= 0.6 is 11.8 Å². The third-order valence-electron chi connectivity index (χ3n) is 5.34. The number of rotatable bonds is 8. The molecule has 2 heterocycles. The largest absolute Gasteiger partial charge is 0.346 e. The maximum absolute atomic E-state index is 12.9. The molecular formula is C24H30N6O4S. The molecule has 3 aromatic rings. The van der Waals surface area contributed by atoms with Gasteiger partial charge >= 0.3 is 5.69 Å². The Bertz CT molecular complexity index is 1390. The second kappa shape index (κ2) is 10.9. The van der Waals surface area contributed by atoms with Gasteiger partial charge < -0.3 is 10.6 Å². The molecule has 11 heteroatoms. The smallest absolute Gasteiger partial charge is 0.332 e. The minimum absolute atomic E-state index is 0.0608. The summed E-state index contributed by atoms with van der Waals surface area (Å²) in [5, 5.41) is 5.93. The van der Waals surface area contributed by atoms with Crippen LogP contribution in [-0.2, 0) is 23.2 Å². The zero-order chi connectivity index (χ0) is 25.9. The molecule has 1 aromatic carbocycles. The first-order chi connectivity index (χ1) is 16.5. The number of amides is 2. The van der Waals surface area contributed by atoms with Gasteiger partial charge in [-0.15, -0.1) is 0 Å². The van der Waals surface area contributed by atoms with Gasteiger partial charge in [0.25, 0.3) is 5.56 Å². The molecular weight excluding hydrogens is 468 g/mol. The molecule has 0 aliphatic rings. The van der Waals surface area contributed by atoms with Gasteiger partial charge in [0.05, 0.1) is 12.3 Å². The highest BCUT2D eigenvalue weighted by atomic mass is 32.2. The van der Waals surface area contributed by atoms with Crippen molar-refractivity contribution in [3.63, 3.8) is 0 Å². The highest BCUT2D eigenvalue weighted by Gasteiger charge is 2.19. The minimum Gasteiger partial charge on any atom is -0.346 e. The first kappa shape index (κ1) is 26.1. The maximum Gasteiger partial charge on any atom is 0.332 e. The van der Waals surface area contributed by atoms with E-state index < -0.39 is 11.2 Å². The van der Waals surface area contributed by atoms with Crippen molar-refractivity contribution in [2.75, 3.05) is 17.6 Å². The Kier molecular flexibility index (Phi) is 8.11. The molecule has 0 radical (unpaired) electrons. The Morgan fingerprint density at radius 3 is 2.34 bits per heavy atom. The van der Waals surface area contributed by atoms with Crippen LogP contribution < -0.4 is 21.9 Å². The van der Waals surface area contributed by atoms with Crippen molar-refractivity contribution >= 4 is 40.3 Å². The van der Waals surface area contributed by atoms with Gasteiger partial charge in [0, 0.05) is 19.3 Å². The van der Waals surface area contributed by atoms with Crippen molar-refractivity contribution in [3.05, 3.63) is 56.0 Å². The number of carbonyl (C=O) groups is 2. The maximum atomic E-state index is 12.9. The van der Waals surface area contributed by atoms with Gasteiger partial charge in [0.2, 0.25) is 11.8 Å². The average Bonchev–Trinajstić information content (AvgIpc) is 2.79. The fourth-order valence-electron chi connectivity index (χ4n) is 3.63. The number of benzene rings is 1. The second-order valence-corrected chi connectivity index (χ2v) is 9.77. The summed E-state index contributed by atoms with van der Waals surface area (Å²) in [5.41, 5.74) is 1.90. The van der Waals surface area contributed by atoms with Gasteiger partial charge in [-0.25, -0.2) is 14.8 Å². The van der Waals surface area contributed by atoms with Crippen LogP contribution in [0.15, 0.2) is 32.8 Å². The fraction of sp³-hybridized carbons (Fsp3) is 0.417. The van der Waals surface area contributed by atoms with Gasteiger partial charge in [-0.1, -0.05) is 43.8 Å². The Labute approximate surface area is 207 Å². The molecule has 0 bridgehead atoms. The zero-order valence-corrected chi connectivity index (χ0v) is 21.6. The highest BCUT2D eigenvalue weighted by Crippen LogP contribution is 2.23. The van der Waals surface area contributed by atoms with Crippen LogP contribution in [0, 0.1) is 26.7 Å². The van der Waals surface area contributed by atoms with Crippen LogP contribution in [0.1, 0.15) is 30.8 Å². The van der Waals surface area contributed by atoms with Crippen molar-refractivity contribution < 1.29 is 9.59 Å². The van der Waals surface area contributed by atoms with E-state index in [1.54, 1.807) is 6.92 Å². The van der Waals surface area contributed by atoms with Crippen molar-refractivity contribution in [2.45, 2.75) is 46.2 Å². The number of aryl methyl sites for hydroxylation is 3. The molecule has 0 aliphatic heterocycles. The van der Waals surface area contributed by atoms with Crippen molar-refractivity contribution in [1.82, 2.24) is 24.4 Å². The first-order valence-corrected chi connectivity index (χ1v) is 12.2. The minimum atomic E-state index is -0.513. The van der Waals surface area contributed by atoms with E-state index in [2.05, 4.69) is 20.6 Å². The second-order valence-electron chi connectivity index (χ2n) is 8.81. The molecule has 0 aliphatic carbocycles. The Morgan fingerprint density at radius 1 is 1.06 bits per heavy atom. The molecule has 2 N–H and O–H groups in total. The Morgan fingerprint density at radius 2 is 1.71 bits per heavy atom. The van der Waals surface area contributed by atoms with E-state index in [-0.39, 0.29) is 41.1 Å². The average molecular weight is 499 g/mol. The first-order valence-electron chi connectivity index (χ1n) is 11.2. The van der Waals surface area contributed by atoms with Crippen LogP contribution in [0.25, 0.3) is 11.0 Å². The summed E-state index contributed by atoms with van der Waals surface area (Å²) in [6, 6.07) is 5.71. The third-order valence-corrected chi connectivity index (χ3v) is 6.32. The molecule has 0 atom stereocenters. The molecule has 186 valence electrons. The van der Waals surface area contributed by atoms with Gasteiger partial charge in [-0.2, -0.15) is 0 Å². The van der Waals surface area contributed by atoms with E-state index in [4.69, 9.17) is 0 Å². The number of hydrogen-bond acceptors (Lipinski definition) is 7. The monoisotopic (exact) mass is 498 g/mol. The molecule has 0 saturated carbocycles. The number of aromatic nitrogens is 4. The number of fused-ring (bicyclic) bond motifs is 1.